The van der Waals surface area contributed by atoms with Gasteiger partial charge in [-0.25, -0.2) is 0 Å². The van der Waals surface area contributed by atoms with Crippen LogP contribution in [0.4, 0.5) is 0 Å². The van der Waals surface area contributed by atoms with Crippen molar-refractivity contribution >= 4 is 10.9 Å². The van der Waals surface area contributed by atoms with E-state index in [4.69, 9.17) is 0 Å². The molecule has 0 aliphatic heterocycles. The zero-order valence-electron chi connectivity index (χ0n) is 8.56. The van der Waals surface area contributed by atoms with Crippen molar-refractivity contribution in [3.63, 3.8) is 0 Å². The molecular weight excluding hydrogens is 315 g/mol. The van der Waals surface area contributed by atoms with Gasteiger partial charge in [0.2, 0.25) is 0 Å². The Morgan fingerprint density at radius 1 is 0.667 bits per heavy atom. The Morgan fingerprint density at radius 2 is 1.00 bits per heavy atom. The largest absolute Gasteiger partial charge is 1.00 e. The van der Waals surface area contributed by atoms with Gasteiger partial charge in [-0.1, -0.05) is 36.4 Å². The molecule has 0 amide bonds. The van der Waals surface area contributed by atoms with Crippen LogP contribution in [0.1, 0.15) is 0 Å². The molecule has 0 nitrogen and oxygen atoms in total. The van der Waals surface area contributed by atoms with Crippen molar-refractivity contribution in [2.24, 2.45) is 0 Å². The monoisotopic (exact) mass is 328 g/mol. The molecule has 0 heterocycles. The topological polar surface area (TPSA) is 0 Å². The highest BCUT2D eigenvalue weighted by atomic mass is 127. The highest BCUT2D eigenvalue weighted by Crippen LogP contribution is 2.19. The van der Waals surface area contributed by atoms with Gasteiger partial charge in [-0.05, 0) is 24.3 Å². The van der Waals surface area contributed by atoms with Crippen LogP contribution in [0.5, 0.6) is 0 Å². The maximum Gasteiger partial charge on any atom is 0.160 e. The van der Waals surface area contributed by atoms with Gasteiger partial charge >= 0.3 is 0 Å². The minimum absolute atomic E-state index is 0. The lowest BCUT2D eigenvalue weighted by atomic mass is 10.4. The number of hydrogen-bond donors (Lipinski definition) is 0. The standard InChI is InChI=1S/C13H13S.HI/c1-14(12-8-4-2-5-9-12)13-10-6-3-7-11-13;/h2-11H,1H3;1H/q+1;/p-1. The lowest BCUT2D eigenvalue weighted by molar-refractivity contribution is -0.00000284. The first-order chi connectivity index (χ1) is 6.88. The second-order valence-electron chi connectivity index (χ2n) is 3.14. The van der Waals surface area contributed by atoms with E-state index >= 15 is 0 Å². The van der Waals surface area contributed by atoms with Gasteiger partial charge in [0.1, 0.15) is 6.26 Å². The minimum Gasteiger partial charge on any atom is -1.00 e. The highest BCUT2D eigenvalue weighted by molar-refractivity contribution is 7.96. The van der Waals surface area contributed by atoms with Gasteiger partial charge in [-0.15, -0.1) is 0 Å². The van der Waals surface area contributed by atoms with E-state index in [2.05, 4.69) is 66.9 Å². The lowest BCUT2D eigenvalue weighted by Gasteiger charge is -2.00. The van der Waals surface area contributed by atoms with E-state index in [0.29, 0.717) is 0 Å². The maximum atomic E-state index is 2.27. The lowest BCUT2D eigenvalue weighted by Crippen LogP contribution is -3.00. The molecule has 0 bridgehead atoms. The molecule has 15 heavy (non-hydrogen) atoms. The van der Waals surface area contributed by atoms with Crippen molar-refractivity contribution < 1.29 is 24.0 Å². The van der Waals surface area contributed by atoms with Gasteiger partial charge in [0.05, 0.1) is 10.9 Å². The highest BCUT2D eigenvalue weighted by Gasteiger charge is 2.17. The van der Waals surface area contributed by atoms with E-state index in [1.165, 1.54) is 9.79 Å². The van der Waals surface area contributed by atoms with Crippen LogP contribution in [-0.2, 0) is 10.9 Å². The fourth-order valence-corrected chi connectivity index (χ4v) is 2.79. The van der Waals surface area contributed by atoms with Crippen LogP contribution in [0, 0.1) is 0 Å². The third kappa shape index (κ3) is 3.24. The normalized spacial score (nSPS) is 9.73. The zero-order valence-corrected chi connectivity index (χ0v) is 11.5. The summed E-state index contributed by atoms with van der Waals surface area (Å²) in [5.41, 5.74) is 0. The SMILES string of the molecule is C[S+](c1ccccc1)c1ccccc1.[I-]. The van der Waals surface area contributed by atoms with E-state index in [1.54, 1.807) is 0 Å². The van der Waals surface area contributed by atoms with E-state index < -0.39 is 0 Å². The van der Waals surface area contributed by atoms with E-state index in [1.807, 2.05) is 0 Å². The first-order valence-electron chi connectivity index (χ1n) is 4.64. The minimum atomic E-state index is 0. The molecule has 2 aromatic rings. The van der Waals surface area contributed by atoms with Crippen molar-refractivity contribution in [3.05, 3.63) is 60.7 Å². The van der Waals surface area contributed by atoms with Gasteiger partial charge in [0.25, 0.3) is 0 Å². The quantitative estimate of drug-likeness (QED) is 0.552. The number of halogens is 1. The molecule has 2 aromatic carbocycles. The number of hydrogen-bond acceptors (Lipinski definition) is 0. The molecule has 0 fully saturated rings. The fourth-order valence-electron chi connectivity index (χ4n) is 1.39. The Bertz CT molecular complexity index is 346. The summed E-state index contributed by atoms with van der Waals surface area (Å²) in [5, 5.41) is 0. The molecular formula is C13H13IS. The summed E-state index contributed by atoms with van der Waals surface area (Å²) in [4.78, 5) is 2.80. The van der Waals surface area contributed by atoms with Crippen LogP contribution >= 0.6 is 0 Å². The predicted molar refractivity (Wildman–Crippen MR) is 62.7 cm³/mol. The molecule has 78 valence electrons. The molecule has 0 radical (unpaired) electrons. The average molecular weight is 328 g/mol. The Hall–Kier alpha value is -0.480. The summed E-state index contributed by atoms with van der Waals surface area (Å²) in [6, 6.07) is 21.3. The van der Waals surface area contributed by atoms with Crippen LogP contribution < -0.4 is 24.0 Å². The molecule has 0 unspecified atom stereocenters. The Balaban J connectivity index is 0.00000112. The molecule has 0 saturated heterocycles. The van der Waals surface area contributed by atoms with Gasteiger partial charge in [0, 0.05) is 0 Å². The Labute approximate surface area is 111 Å². The molecule has 0 aliphatic carbocycles. The smallest absolute Gasteiger partial charge is 0.160 e. The first kappa shape index (κ1) is 12.6. The Kier molecular flexibility index (Phi) is 5.19. The zero-order chi connectivity index (χ0) is 9.80. The van der Waals surface area contributed by atoms with Gasteiger partial charge in [-0.2, -0.15) is 0 Å². The van der Waals surface area contributed by atoms with E-state index in [0.717, 1.165) is 0 Å². The third-order valence-electron chi connectivity index (χ3n) is 2.19. The summed E-state index contributed by atoms with van der Waals surface area (Å²) in [5.74, 6) is 0. The molecule has 0 N–H and O–H groups in total. The molecule has 0 saturated carbocycles. The second kappa shape index (κ2) is 6.18. The van der Waals surface area contributed by atoms with Crippen molar-refractivity contribution in [1.82, 2.24) is 0 Å². The van der Waals surface area contributed by atoms with Crippen LogP contribution in [0.2, 0.25) is 0 Å². The van der Waals surface area contributed by atoms with Crippen molar-refractivity contribution in [3.8, 4) is 0 Å². The van der Waals surface area contributed by atoms with Crippen molar-refractivity contribution in [1.29, 1.82) is 0 Å². The van der Waals surface area contributed by atoms with Gasteiger partial charge < -0.3 is 24.0 Å². The molecule has 2 rings (SSSR count). The first-order valence-corrected chi connectivity index (χ1v) is 6.27. The summed E-state index contributed by atoms with van der Waals surface area (Å²) >= 11 is 0. The van der Waals surface area contributed by atoms with Gasteiger partial charge in [0.15, 0.2) is 9.79 Å². The summed E-state index contributed by atoms with van der Waals surface area (Å²) in [6.07, 6.45) is 2.27. The van der Waals surface area contributed by atoms with Crippen molar-refractivity contribution in [2.75, 3.05) is 6.26 Å². The number of benzene rings is 2. The average Bonchev–Trinajstić information content (AvgIpc) is 2.30. The van der Waals surface area contributed by atoms with Crippen molar-refractivity contribution in [2.45, 2.75) is 9.79 Å². The third-order valence-corrected chi connectivity index (χ3v) is 4.15. The van der Waals surface area contributed by atoms with Gasteiger partial charge in [-0.3, -0.25) is 0 Å². The summed E-state index contributed by atoms with van der Waals surface area (Å²) in [7, 11) is 0.203. The Morgan fingerprint density at radius 3 is 1.33 bits per heavy atom. The molecule has 0 aliphatic rings. The predicted octanol–water partition coefficient (Wildman–Crippen LogP) is 0.357. The van der Waals surface area contributed by atoms with Crippen LogP contribution in [-0.4, -0.2) is 6.26 Å². The van der Waals surface area contributed by atoms with Crippen LogP contribution in [0.3, 0.4) is 0 Å². The van der Waals surface area contributed by atoms with E-state index in [9.17, 15) is 0 Å². The van der Waals surface area contributed by atoms with Crippen LogP contribution in [0.25, 0.3) is 0 Å². The number of rotatable bonds is 2. The second-order valence-corrected chi connectivity index (χ2v) is 5.10. The fraction of sp³-hybridized carbons (Fsp3) is 0.0769. The summed E-state index contributed by atoms with van der Waals surface area (Å²) < 4.78 is 0. The molecule has 0 aromatic heterocycles. The van der Waals surface area contributed by atoms with E-state index in [-0.39, 0.29) is 34.9 Å². The maximum absolute atomic E-state index is 2.27. The molecule has 0 atom stereocenters. The van der Waals surface area contributed by atoms with Crippen LogP contribution in [0.15, 0.2) is 70.5 Å². The summed E-state index contributed by atoms with van der Waals surface area (Å²) in [6.45, 7) is 0. The molecule has 0 spiro atoms. The molecule has 2 heteroatoms.